The molecule has 33 heavy (non-hydrogen) atoms. The lowest BCUT2D eigenvalue weighted by molar-refractivity contribution is -0.123. The monoisotopic (exact) mass is 463 g/mol. The number of amides is 1. The van der Waals surface area contributed by atoms with Gasteiger partial charge in [0.05, 0.1) is 18.6 Å². The molecule has 4 saturated heterocycles. The maximum atomic E-state index is 13.1. The number of methoxy groups -OCH3 is 1. The minimum absolute atomic E-state index is 0.0592. The molecule has 4 aliphatic heterocycles. The Morgan fingerprint density at radius 3 is 2.42 bits per heavy atom. The second kappa shape index (κ2) is 8.81. The number of epoxide rings is 2. The van der Waals surface area contributed by atoms with E-state index in [-0.39, 0.29) is 41.5 Å². The van der Waals surface area contributed by atoms with E-state index >= 15 is 0 Å². The van der Waals surface area contributed by atoms with Gasteiger partial charge in [0.25, 0.3) is 0 Å². The van der Waals surface area contributed by atoms with E-state index in [1.165, 1.54) is 5.57 Å². The highest BCUT2D eigenvalue weighted by Gasteiger charge is 2.72. The maximum absolute atomic E-state index is 13.1. The van der Waals surface area contributed by atoms with Crippen LogP contribution in [0.3, 0.4) is 0 Å². The van der Waals surface area contributed by atoms with E-state index in [0.29, 0.717) is 5.41 Å². The summed E-state index contributed by atoms with van der Waals surface area (Å²) in [7, 11) is 1.73. The molecule has 2 spiro atoms. The Morgan fingerprint density at radius 1 is 1.12 bits per heavy atom. The van der Waals surface area contributed by atoms with Gasteiger partial charge in [-0.15, -0.1) is 0 Å². The predicted molar refractivity (Wildman–Crippen MR) is 123 cm³/mol. The van der Waals surface area contributed by atoms with Crippen molar-refractivity contribution in [2.75, 3.05) is 40.0 Å². The molecule has 1 aliphatic carbocycles. The van der Waals surface area contributed by atoms with E-state index in [0.717, 1.165) is 77.9 Å². The lowest BCUT2D eigenvalue weighted by Crippen LogP contribution is -2.56. The van der Waals surface area contributed by atoms with Crippen molar-refractivity contribution in [2.45, 2.75) is 95.2 Å². The minimum Gasteiger partial charge on any atom is -0.443 e. The Balaban J connectivity index is 1.23. The summed E-state index contributed by atoms with van der Waals surface area (Å²) >= 11 is 0. The van der Waals surface area contributed by atoms with Crippen LogP contribution >= 0.6 is 0 Å². The molecule has 6 atom stereocenters. The summed E-state index contributed by atoms with van der Waals surface area (Å²) in [6.07, 6.45) is 8.56. The van der Waals surface area contributed by atoms with Crippen molar-refractivity contribution in [2.24, 2.45) is 11.3 Å². The summed E-state index contributed by atoms with van der Waals surface area (Å²) in [6.45, 7) is 10.4. The Hall–Kier alpha value is -1.15. The molecular formula is C26H41NO6. The van der Waals surface area contributed by atoms with Crippen molar-refractivity contribution in [3.05, 3.63) is 11.6 Å². The number of nitrogens with zero attached hydrogens (tertiary/aromatic N) is 1. The highest BCUT2D eigenvalue weighted by atomic mass is 16.6. The summed E-state index contributed by atoms with van der Waals surface area (Å²) in [5.74, 6) is 0.0592. The van der Waals surface area contributed by atoms with Crippen LogP contribution in [-0.2, 0) is 23.7 Å². The fourth-order valence-electron chi connectivity index (χ4n) is 6.74. The van der Waals surface area contributed by atoms with E-state index in [1.807, 2.05) is 4.90 Å². The Morgan fingerprint density at radius 2 is 1.82 bits per heavy atom. The van der Waals surface area contributed by atoms with E-state index in [4.69, 9.17) is 23.7 Å². The summed E-state index contributed by atoms with van der Waals surface area (Å²) in [5, 5.41) is 0. The number of ether oxygens (including phenoxy) is 5. The van der Waals surface area contributed by atoms with Crippen molar-refractivity contribution in [3.8, 4) is 0 Å². The molecule has 0 aromatic heterocycles. The number of hydrogen-bond donors (Lipinski definition) is 0. The molecule has 0 N–H and O–H groups in total. The van der Waals surface area contributed by atoms with Crippen LogP contribution in [0.2, 0.25) is 0 Å². The quantitative estimate of drug-likeness (QED) is 0.452. The van der Waals surface area contributed by atoms with Crippen molar-refractivity contribution < 1.29 is 28.5 Å². The molecule has 1 saturated carbocycles. The lowest BCUT2D eigenvalue weighted by Gasteiger charge is -2.45. The molecule has 1 amide bonds. The van der Waals surface area contributed by atoms with Gasteiger partial charge in [0.1, 0.15) is 23.4 Å². The number of piperidine rings is 1. The highest BCUT2D eigenvalue weighted by molar-refractivity contribution is 5.68. The van der Waals surface area contributed by atoms with Crippen molar-refractivity contribution in [3.63, 3.8) is 0 Å². The van der Waals surface area contributed by atoms with Gasteiger partial charge in [0.2, 0.25) is 0 Å². The van der Waals surface area contributed by atoms with Crippen LogP contribution in [0.1, 0.15) is 65.7 Å². The molecule has 5 rings (SSSR count). The van der Waals surface area contributed by atoms with E-state index in [1.54, 1.807) is 7.11 Å². The summed E-state index contributed by atoms with van der Waals surface area (Å²) in [6, 6.07) is 0. The number of allylic oxidation sites excluding steroid dienone is 1. The second-order valence-corrected chi connectivity index (χ2v) is 11.4. The van der Waals surface area contributed by atoms with E-state index < -0.39 is 0 Å². The molecule has 7 heteroatoms. The first-order valence-electron chi connectivity index (χ1n) is 12.8. The molecule has 0 aromatic carbocycles. The molecule has 5 aliphatic rings. The lowest BCUT2D eigenvalue weighted by atomic mass is 9.68. The standard InChI is InChI=1S/C26H41NO6/c1-18(2)5-6-20-24(3,33-20)22-21(29-4)19(7-8-26(22)17-31-26)32-23(28)27-13-9-25(10-14-27)11-15-30-16-12-25/h5,19-22H,6-17H2,1-4H3/t19?,20-,21?,22?,24+,26?/m1/s1. The van der Waals surface area contributed by atoms with Crippen LogP contribution in [0.4, 0.5) is 4.79 Å². The summed E-state index contributed by atoms with van der Waals surface area (Å²) in [5.41, 5.74) is 1.15. The highest BCUT2D eigenvalue weighted by Crippen LogP contribution is 2.59. The smallest absolute Gasteiger partial charge is 0.410 e. The van der Waals surface area contributed by atoms with Crippen molar-refractivity contribution >= 4 is 6.09 Å². The van der Waals surface area contributed by atoms with Gasteiger partial charge in [0.15, 0.2) is 0 Å². The molecule has 4 unspecified atom stereocenters. The third-order valence-electron chi connectivity index (χ3n) is 9.13. The Kier molecular flexibility index (Phi) is 6.30. The van der Waals surface area contributed by atoms with E-state index in [9.17, 15) is 4.79 Å². The normalized spacial score (nSPS) is 41.6. The van der Waals surface area contributed by atoms with Gasteiger partial charge in [-0.05, 0) is 71.1 Å². The zero-order valence-corrected chi connectivity index (χ0v) is 20.8. The Labute approximate surface area is 198 Å². The fraction of sp³-hybridized carbons (Fsp3) is 0.885. The SMILES string of the molecule is COC1C(OC(=O)N2CCC3(CCOCC3)CC2)CCC2(CO2)C1[C@@]1(C)O[C@@H]1CC=C(C)C. The number of hydrogen-bond acceptors (Lipinski definition) is 6. The number of likely N-dealkylation sites (tertiary alicyclic amines) is 1. The van der Waals surface area contributed by atoms with Crippen LogP contribution in [-0.4, -0.2) is 80.5 Å². The van der Waals surface area contributed by atoms with Gasteiger partial charge in [0, 0.05) is 33.4 Å². The predicted octanol–water partition coefficient (Wildman–Crippen LogP) is 4.09. The minimum atomic E-state index is -0.311. The molecule has 5 fully saturated rings. The second-order valence-electron chi connectivity index (χ2n) is 11.4. The molecule has 7 nitrogen and oxygen atoms in total. The Bertz CT molecular complexity index is 759. The van der Waals surface area contributed by atoms with Crippen LogP contribution in [0.5, 0.6) is 0 Å². The molecule has 0 radical (unpaired) electrons. The molecule has 0 aromatic rings. The first kappa shape index (κ1) is 23.6. The van der Waals surface area contributed by atoms with Gasteiger partial charge in [-0.1, -0.05) is 11.6 Å². The summed E-state index contributed by atoms with van der Waals surface area (Å²) in [4.78, 5) is 15.0. The van der Waals surface area contributed by atoms with Gasteiger partial charge in [-0.3, -0.25) is 0 Å². The average molecular weight is 464 g/mol. The first-order valence-corrected chi connectivity index (χ1v) is 12.8. The van der Waals surface area contributed by atoms with Crippen LogP contribution in [0.15, 0.2) is 11.6 Å². The molecule has 0 bridgehead atoms. The van der Waals surface area contributed by atoms with Crippen LogP contribution in [0, 0.1) is 11.3 Å². The number of carbonyl (C=O) groups excluding carboxylic acids is 1. The van der Waals surface area contributed by atoms with Gasteiger partial charge in [-0.25, -0.2) is 4.79 Å². The average Bonchev–Trinajstić information content (AvgIpc) is 3.72. The molecule has 4 heterocycles. The van der Waals surface area contributed by atoms with Crippen LogP contribution in [0.25, 0.3) is 0 Å². The molecule has 186 valence electrons. The van der Waals surface area contributed by atoms with E-state index in [2.05, 4.69) is 26.8 Å². The topological polar surface area (TPSA) is 73.1 Å². The van der Waals surface area contributed by atoms with Gasteiger partial charge in [-0.2, -0.15) is 0 Å². The van der Waals surface area contributed by atoms with Gasteiger partial charge >= 0.3 is 6.09 Å². The zero-order valence-electron chi connectivity index (χ0n) is 20.8. The van der Waals surface area contributed by atoms with Crippen molar-refractivity contribution in [1.82, 2.24) is 4.90 Å². The summed E-state index contributed by atoms with van der Waals surface area (Å²) < 4.78 is 30.0. The number of carbonyl (C=O) groups is 1. The van der Waals surface area contributed by atoms with Gasteiger partial charge < -0.3 is 28.6 Å². The zero-order chi connectivity index (χ0) is 23.3. The van der Waals surface area contributed by atoms with Crippen LogP contribution < -0.4 is 0 Å². The maximum Gasteiger partial charge on any atom is 0.410 e. The van der Waals surface area contributed by atoms with Crippen molar-refractivity contribution in [1.29, 1.82) is 0 Å². The number of rotatable bonds is 5. The third-order valence-corrected chi connectivity index (χ3v) is 9.13. The third kappa shape index (κ3) is 4.46. The first-order chi connectivity index (χ1) is 15.8. The fourth-order valence-corrected chi connectivity index (χ4v) is 6.74. The largest absolute Gasteiger partial charge is 0.443 e. The molecular weight excluding hydrogens is 422 g/mol.